The standard InChI is InChI=1S/C32H39N3O6S/c1-34-21-27(36)20-33-42(38,39)30-12-11-26(25-9-6-10-28(18-25)40-2)19-29(30)41-23-32(22-34)13-15-35(16-14-32)31(37)17-24-7-4-3-5-8-24/h3-12,18-19,27,33,36H,13-17,20-23H2,1-2H3. The van der Waals surface area contributed by atoms with Crippen molar-refractivity contribution in [1.82, 2.24) is 14.5 Å². The van der Waals surface area contributed by atoms with E-state index in [2.05, 4.69) is 4.72 Å². The minimum absolute atomic E-state index is 0.0286. The molecule has 0 bridgehead atoms. The molecule has 2 aliphatic rings. The zero-order chi connectivity index (χ0) is 29.7. The molecule has 1 spiro atoms. The third-order valence-electron chi connectivity index (χ3n) is 8.18. The maximum atomic E-state index is 13.3. The van der Waals surface area contributed by atoms with Gasteiger partial charge in [0, 0.05) is 38.1 Å². The van der Waals surface area contributed by atoms with Gasteiger partial charge >= 0.3 is 0 Å². The van der Waals surface area contributed by atoms with Crippen LogP contribution in [0, 0.1) is 5.41 Å². The highest BCUT2D eigenvalue weighted by molar-refractivity contribution is 7.89. The number of hydrogen-bond donors (Lipinski definition) is 2. The van der Waals surface area contributed by atoms with Crippen molar-refractivity contribution in [2.45, 2.75) is 30.3 Å². The summed E-state index contributed by atoms with van der Waals surface area (Å²) in [7, 11) is -0.430. The maximum absolute atomic E-state index is 13.3. The second-order valence-corrected chi connectivity index (χ2v) is 13.2. The number of likely N-dealkylation sites (tertiary alicyclic amines) is 1. The molecule has 2 N–H and O–H groups in total. The van der Waals surface area contributed by atoms with Gasteiger partial charge in [-0.3, -0.25) is 4.79 Å². The smallest absolute Gasteiger partial charge is 0.244 e. The summed E-state index contributed by atoms with van der Waals surface area (Å²) in [5.74, 6) is 1.04. The number of hydrogen-bond acceptors (Lipinski definition) is 7. The van der Waals surface area contributed by atoms with E-state index in [-0.39, 0.29) is 35.1 Å². The number of nitrogens with one attached hydrogen (secondary N) is 1. The molecule has 0 radical (unpaired) electrons. The van der Waals surface area contributed by atoms with Crippen molar-refractivity contribution < 1.29 is 27.8 Å². The van der Waals surface area contributed by atoms with E-state index in [1.165, 1.54) is 0 Å². The van der Waals surface area contributed by atoms with Crippen LogP contribution < -0.4 is 14.2 Å². The molecule has 1 atom stereocenters. The number of carbonyl (C=O) groups excluding carboxylic acids is 1. The van der Waals surface area contributed by atoms with Gasteiger partial charge < -0.3 is 24.4 Å². The van der Waals surface area contributed by atoms with Gasteiger partial charge in [-0.05, 0) is 60.8 Å². The Hall–Kier alpha value is -3.44. The zero-order valence-corrected chi connectivity index (χ0v) is 25.0. The number of rotatable bonds is 4. The second-order valence-electron chi connectivity index (χ2n) is 11.4. The number of aliphatic hydroxyl groups excluding tert-OH is 1. The van der Waals surface area contributed by atoms with Crippen molar-refractivity contribution in [2.24, 2.45) is 5.41 Å². The minimum Gasteiger partial charge on any atom is -0.497 e. The highest BCUT2D eigenvalue weighted by atomic mass is 32.2. The van der Waals surface area contributed by atoms with Gasteiger partial charge in [0.05, 0.1) is 26.2 Å². The number of fused-ring (bicyclic) bond motifs is 1. The van der Waals surface area contributed by atoms with Gasteiger partial charge in [0.15, 0.2) is 0 Å². The normalized spacial score (nSPS) is 20.9. The molecule has 2 aliphatic heterocycles. The van der Waals surface area contributed by atoms with E-state index in [9.17, 15) is 18.3 Å². The molecule has 0 saturated carbocycles. The molecular formula is C32H39N3O6S. The molecule has 3 aromatic carbocycles. The van der Waals surface area contributed by atoms with Crippen LogP contribution in [-0.2, 0) is 21.2 Å². The molecule has 224 valence electrons. The van der Waals surface area contributed by atoms with Crippen LogP contribution in [0.15, 0.2) is 77.7 Å². The Morgan fingerprint density at radius 3 is 2.52 bits per heavy atom. The first-order chi connectivity index (χ1) is 20.2. The fraction of sp³-hybridized carbons (Fsp3) is 0.406. The number of carbonyl (C=O) groups is 1. The molecule has 42 heavy (non-hydrogen) atoms. The molecule has 1 saturated heterocycles. The predicted octanol–water partition coefficient (Wildman–Crippen LogP) is 3.18. The monoisotopic (exact) mass is 593 g/mol. The Morgan fingerprint density at radius 1 is 1.05 bits per heavy atom. The van der Waals surface area contributed by atoms with Crippen LogP contribution in [0.1, 0.15) is 18.4 Å². The van der Waals surface area contributed by atoms with Crippen LogP contribution >= 0.6 is 0 Å². The van der Waals surface area contributed by atoms with Gasteiger partial charge in [0.25, 0.3) is 0 Å². The van der Waals surface area contributed by atoms with Crippen LogP contribution in [0.2, 0.25) is 0 Å². The Bertz CT molecular complexity index is 1490. The minimum atomic E-state index is -3.95. The number of sulfonamides is 1. The van der Waals surface area contributed by atoms with Gasteiger partial charge in [-0.1, -0.05) is 48.5 Å². The van der Waals surface area contributed by atoms with Crippen molar-refractivity contribution in [1.29, 1.82) is 0 Å². The molecule has 5 rings (SSSR count). The molecule has 1 fully saturated rings. The van der Waals surface area contributed by atoms with E-state index in [0.29, 0.717) is 51.2 Å². The zero-order valence-electron chi connectivity index (χ0n) is 24.2. The molecule has 10 heteroatoms. The Kier molecular flexibility index (Phi) is 9.17. The summed E-state index contributed by atoms with van der Waals surface area (Å²) in [5.41, 5.74) is 2.32. The molecule has 1 unspecified atom stereocenters. The third-order valence-corrected chi connectivity index (χ3v) is 9.64. The highest BCUT2D eigenvalue weighted by Gasteiger charge is 2.39. The molecule has 1 amide bonds. The fourth-order valence-electron chi connectivity index (χ4n) is 5.86. The fourth-order valence-corrected chi connectivity index (χ4v) is 7.06. The number of piperidine rings is 1. The number of β-amino-alcohol motifs (C(OH)–C–C–N with tert-alkyl or cyclic N) is 1. The summed E-state index contributed by atoms with van der Waals surface area (Å²) in [6, 6.07) is 22.3. The first-order valence-corrected chi connectivity index (χ1v) is 15.7. The predicted molar refractivity (Wildman–Crippen MR) is 161 cm³/mol. The number of amides is 1. The van der Waals surface area contributed by atoms with Gasteiger partial charge in [0.2, 0.25) is 15.9 Å². The van der Waals surface area contributed by atoms with Crippen LogP contribution in [0.5, 0.6) is 11.5 Å². The number of nitrogens with zero attached hydrogens (tertiary/aromatic N) is 2. The summed E-state index contributed by atoms with van der Waals surface area (Å²) >= 11 is 0. The van der Waals surface area contributed by atoms with E-state index >= 15 is 0 Å². The quantitative estimate of drug-likeness (QED) is 0.479. The lowest BCUT2D eigenvalue weighted by molar-refractivity contribution is -0.133. The van der Waals surface area contributed by atoms with Crippen molar-refractivity contribution >= 4 is 15.9 Å². The Balaban J connectivity index is 1.42. The Labute approximate surface area is 248 Å². The van der Waals surface area contributed by atoms with Crippen LogP contribution in [0.25, 0.3) is 11.1 Å². The lowest BCUT2D eigenvalue weighted by atomic mass is 9.78. The number of aliphatic hydroxyl groups is 1. The molecule has 2 heterocycles. The molecular weight excluding hydrogens is 554 g/mol. The number of benzene rings is 3. The Morgan fingerprint density at radius 2 is 1.79 bits per heavy atom. The molecule has 0 aromatic heterocycles. The lowest BCUT2D eigenvalue weighted by Gasteiger charge is -2.44. The van der Waals surface area contributed by atoms with E-state index in [0.717, 1.165) is 16.7 Å². The number of ether oxygens (including phenoxy) is 2. The van der Waals surface area contributed by atoms with Gasteiger partial charge in [-0.25, -0.2) is 13.1 Å². The van der Waals surface area contributed by atoms with Crippen molar-refractivity contribution in [3.8, 4) is 22.6 Å². The maximum Gasteiger partial charge on any atom is 0.244 e. The van der Waals surface area contributed by atoms with Crippen LogP contribution in [-0.4, -0.2) is 88.8 Å². The second kappa shape index (κ2) is 12.8. The third kappa shape index (κ3) is 7.12. The van der Waals surface area contributed by atoms with Gasteiger partial charge in [-0.2, -0.15) is 0 Å². The summed E-state index contributed by atoms with van der Waals surface area (Å²) < 4.78 is 41.0. The van der Waals surface area contributed by atoms with Crippen LogP contribution in [0.4, 0.5) is 0 Å². The van der Waals surface area contributed by atoms with E-state index in [4.69, 9.17) is 9.47 Å². The average Bonchev–Trinajstić information content (AvgIpc) is 2.99. The first kappa shape index (κ1) is 30.0. The summed E-state index contributed by atoms with van der Waals surface area (Å²) in [6.07, 6.45) is 0.879. The summed E-state index contributed by atoms with van der Waals surface area (Å²) in [4.78, 5) is 17.0. The topological polar surface area (TPSA) is 108 Å². The SMILES string of the molecule is COc1cccc(-c2ccc3c(c2)OCC2(CCN(C(=O)Cc4ccccc4)CC2)CN(C)CC(O)CNS3(=O)=O)c1. The lowest BCUT2D eigenvalue weighted by Crippen LogP contribution is -2.51. The highest BCUT2D eigenvalue weighted by Crippen LogP contribution is 2.37. The van der Waals surface area contributed by atoms with Crippen molar-refractivity contribution in [2.75, 3.05) is 53.5 Å². The summed E-state index contributed by atoms with van der Waals surface area (Å²) in [6.45, 7) is 2.28. The van der Waals surface area contributed by atoms with Crippen molar-refractivity contribution in [3.05, 3.63) is 78.4 Å². The van der Waals surface area contributed by atoms with Crippen LogP contribution in [0.3, 0.4) is 0 Å². The first-order valence-electron chi connectivity index (χ1n) is 14.3. The van der Waals surface area contributed by atoms with E-state index < -0.39 is 16.1 Å². The van der Waals surface area contributed by atoms with Crippen molar-refractivity contribution in [3.63, 3.8) is 0 Å². The average molecular weight is 594 g/mol. The molecule has 9 nitrogen and oxygen atoms in total. The molecule has 0 aliphatic carbocycles. The number of likely N-dealkylation sites (N-methyl/N-ethyl adjacent to an activating group) is 1. The number of methoxy groups -OCH3 is 1. The van der Waals surface area contributed by atoms with Gasteiger partial charge in [0.1, 0.15) is 16.4 Å². The van der Waals surface area contributed by atoms with Gasteiger partial charge in [-0.15, -0.1) is 0 Å². The van der Waals surface area contributed by atoms with E-state index in [1.807, 2.05) is 71.4 Å². The van der Waals surface area contributed by atoms with E-state index in [1.54, 1.807) is 25.3 Å². The largest absolute Gasteiger partial charge is 0.497 e. The summed E-state index contributed by atoms with van der Waals surface area (Å²) in [5, 5.41) is 10.7. The molecule has 3 aromatic rings.